The number of anilines is 1. The minimum Gasteiger partial charge on any atom is -0.322 e. The predicted octanol–water partition coefficient (Wildman–Crippen LogP) is 3.81. The van der Waals surface area contributed by atoms with Gasteiger partial charge in [0.05, 0.1) is 4.90 Å². The van der Waals surface area contributed by atoms with Crippen molar-refractivity contribution in [3.63, 3.8) is 0 Å². The number of benzene rings is 2. The Morgan fingerprint density at radius 2 is 1.56 bits per heavy atom. The lowest BCUT2D eigenvalue weighted by Crippen LogP contribution is -2.41. The fourth-order valence-electron chi connectivity index (χ4n) is 5.03. The van der Waals surface area contributed by atoms with Crippen molar-refractivity contribution in [3.8, 4) is 0 Å². The molecule has 0 aliphatic heterocycles. The minimum atomic E-state index is -3.56. The highest BCUT2D eigenvalue weighted by molar-refractivity contribution is 7.89. The van der Waals surface area contributed by atoms with Gasteiger partial charge in [-0.05, 0) is 85.0 Å². The summed E-state index contributed by atoms with van der Waals surface area (Å²) in [5.41, 5.74) is 3.74. The van der Waals surface area contributed by atoms with Gasteiger partial charge in [0, 0.05) is 29.7 Å². The Balaban J connectivity index is 1.35. The lowest BCUT2D eigenvalue weighted by molar-refractivity contribution is 0.102. The van der Waals surface area contributed by atoms with Crippen LogP contribution in [0.25, 0.3) is 0 Å². The fraction of sp³-hybridized carbons (Fsp3) is 0.280. The van der Waals surface area contributed by atoms with E-state index >= 15 is 0 Å². The molecular weight excluding hydrogens is 422 g/mol. The molecule has 2 aliphatic rings. The van der Waals surface area contributed by atoms with E-state index < -0.39 is 10.0 Å². The van der Waals surface area contributed by atoms with Gasteiger partial charge in [0.15, 0.2) is 0 Å². The zero-order valence-electron chi connectivity index (χ0n) is 17.6. The van der Waals surface area contributed by atoms with E-state index in [2.05, 4.69) is 21.1 Å². The van der Waals surface area contributed by atoms with E-state index in [1.54, 1.807) is 48.8 Å². The molecule has 2 aliphatic carbocycles. The Morgan fingerprint density at radius 1 is 0.875 bits per heavy atom. The van der Waals surface area contributed by atoms with E-state index in [9.17, 15) is 13.2 Å². The molecule has 5 rings (SSSR count). The smallest absolute Gasteiger partial charge is 0.255 e. The van der Waals surface area contributed by atoms with Crippen LogP contribution >= 0.6 is 0 Å². The van der Waals surface area contributed by atoms with Crippen LogP contribution in [0, 0.1) is 11.8 Å². The molecule has 2 aromatic carbocycles. The third-order valence-electron chi connectivity index (χ3n) is 6.64. The summed E-state index contributed by atoms with van der Waals surface area (Å²) in [6.07, 6.45) is 6.85. The maximum absolute atomic E-state index is 13.0. The number of pyridine rings is 1. The van der Waals surface area contributed by atoms with Crippen molar-refractivity contribution < 1.29 is 13.2 Å². The number of amides is 1. The first-order valence-electron chi connectivity index (χ1n) is 10.9. The van der Waals surface area contributed by atoms with Gasteiger partial charge in [0.2, 0.25) is 10.0 Å². The molecule has 0 radical (unpaired) electrons. The molecule has 2 bridgehead atoms. The number of sulfonamides is 1. The topological polar surface area (TPSA) is 88.2 Å². The number of carbonyl (C=O) groups excluding carboxylic acids is 1. The minimum absolute atomic E-state index is 0.0810. The largest absolute Gasteiger partial charge is 0.322 e. The maximum Gasteiger partial charge on any atom is 0.255 e. The van der Waals surface area contributed by atoms with E-state index in [1.165, 1.54) is 11.1 Å². The highest BCUT2D eigenvalue weighted by Gasteiger charge is 2.41. The van der Waals surface area contributed by atoms with Crippen LogP contribution < -0.4 is 10.0 Å². The summed E-state index contributed by atoms with van der Waals surface area (Å²) in [6, 6.07) is 17.9. The Hall–Kier alpha value is -3.03. The molecule has 32 heavy (non-hydrogen) atoms. The zero-order valence-corrected chi connectivity index (χ0v) is 18.4. The summed E-state index contributed by atoms with van der Waals surface area (Å²) >= 11 is 0. The van der Waals surface area contributed by atoms with Gasteiger partial charge in [-0.3, -0.25) is 9.78 Å². The van der Waals surface area contributed by atoms with Gasteiger partial charge in [-0.15, -0.1) is 0 Å². The molecule has 3 atom stereocenters. The van der Waals surface area contributed by atoms with Crippen LogP contribution in [0.1, 0.15) is 34.3 Å². The highest BCUT2D eigenvalue weighted by atomic mass is 32.2. The monoisotopic (exact) mass is 447 g/mol. The van der Waals surface area contributed by atoms with Gasteiger partial charge >= 0.3 is 0 Å². The normalized spacial score (nSPS) is 22.1. The maximum atomic E-state index is 13.0. The molecule has 0 saturated heterocycles. The van der Waals surface area contributed by atoms with Crippen LogP contribution in [0.2, 0.25) is 0 Å². The Kier molecular flexibility index (Phi) is 5.53. The van der Waals surface area contributed by atoms with Crippen LogP contribution in [0.4, 0.5) is 5.69 Å². The Morgan fingerprint density at radius 3 is 2.28 bits per heavy atom. The molecule has 1 saturated carbocycles. The van der Waals surface area contributed by atoms with Gasteiger partial charge in [0.25, 0.3) is 5.91 Å². The van der Waals surface area contributed by atoms with E-state index in [-0.39, 0.29) is 23.8 Å². The van der Waals surface area contributed by atoms with E-state index in [0.29, 0.717) is 10.5 Å². The lowest BCUT2D eigenvalue weighted by Gasteiger charge is -2.23. The number of aromatic nitrogens is 1. The van der Waals surface area contributed by atoms with Crippen molar-refractivity contribution in [1.29, 1.82) is 0 Å². The van der Waals surface area contributed by atoms with Crippen LogP contribution in [-0.2, 0) is 22.9 Å². The van der Waals surface area contributed by atoms with Crippen LogP contribution in [0.3, 0.4) is 0 Å². The van der Waals surface area contributed by atoms with E-state index in [0.717, 1.165) is 31.4 Å². The first kappa shape index (κ1) is 20.8. The SMILES string of the molecule is O=C(Nc1ccc2c(c1)CC1CCC(C2)C1NS(=O)(=O)c1ccccc1)c1ccncc1. The van der Waals surface area contributed by atoms with Gasteiger partial charge in [-0.2, -0.15) is 0 Å². The van der Waals surface area contributed by atoms with Crippen molar-refractivity contribution >= 4 is 21.6 Å². The molecule has 2 N–H and O–H groups in total. The third kappa shape index (κ3) is 4.18. The molecule has 1 aromatic heterocycles. The van der Waals surface area contributed by atoms with Gasteiger partial charge in [-0.1, -0.05) is 24.3 Å². The number of carbonyl (C=O) groups is 1. The number of nitrogens with one attached hydrogen (secondary N) is 2. The first-order valence-corrected chi connectivity index (χ1v) is 12.4. The second-order valence-electron chi connectivity index (χ2n) is 8.64. The van der Waals surface area contributed by atoms with Crippen LogP contribution in [-0.4, -0.2) is 25.4 Å². The summed E-state index contributed by atoms with van der Waals surface area (Å²) in [5.74, 6) is 0.346. The molecule has 164 valence electrons. The third-order valence-corrected chi connectivity index (χ3v) is 8.11. The second kappa shape index (κ2) is 8.48. The molecule has 1 heterocycles. The standard InChI is InChI=1S/C25H25N3O3S/c29-25(17-10-12-26-13-11-17)27-22-9-8-18-14-19-6-7-20(15-21(18)16-22)24(19)28-32(30,31)23-4-2-1-3-5-23/h1-5,8-13,16,19-20,24,28H,6-7,14-15H2,(H,27,29). The molecule has 3 unspecified atom stereocenters. The van der Waals surface area contributed by atoms with Crippen molar-refractivity contribution in [1.82, 2.24) is 9.71 Å². The molecule has 3 aromatic rings. The Bertz CT molecular complexity index is 1230. The molecule has 1 amide bonds. The van der Waals surface area contributed by atoms with Crippen molar-refractivity contribution in [2.24, 2.45) is 11.8 Å². The van der Waals surface area contributed by atoms with Gasteiger partial charge in [-0.25, -0.2) is 13.1 Å². The number of fused-ring (bicyclic) bond motifs is 3. The van der Waals surface area contributed by atoms with Gasteiger partial charge in [0.1, 0.15) is 0 Å². The average molecular weight is 448 g/mol. The molecule has 6 nitrogen and oxygen atoms in total. The number of hydrogen-bond donors (Lipinski definition) is 2. The first-order chi connectivity index (χ1) is 15.5. The predicted molar refractivity (Wildman–Crippen MR) is 123 cm³/mol. The second-order valence-corrected chi connectivity index (χ2v) is 10.4. The van der Waals surface area contributed by atoms with Crippen molar-refractivity contribution in [3.05, 3.63) is 89.7 Å². The quantitative estimate of drug-likeness (QED) is 0.623. The molecule has 1 fully saturated rings. The molecular formula is C25H25N3O3S. The van der Waals surface area contributed by atoms with Crippen LogP contribution in [0.15, 0.2) is 78.0 Å². The van der Waals surface area contributed by atoms with Crippen LogP contribution in [0.5, 0.6) is 0 Å². The number of nitrogens with zero attached hydrogens (tertiary/aromatic N) is 1. The van der Waals surface area contributed by atoms with E-state index in [1.807, 2.05) is 18.2 Å². The van der Waals surface area contributed by atoms with Gasteiger partial charge < -0.3 is 5.32 Å². The summed E-state index contributed by atoms with van der Waals surface area (Å²) in [7, 11) is -3.56. The summed E-state index contributed by atoms with van der Waals surface area (Å²) in [5, 5.41) is 2.97. The summed E-state index contributed by atoms with van der Waals surface area (Å²) in [6.45, 7) is 0. The molecule has 0 spiro atoms. The highest BCUT2D eigenvalue weighted by Crippen LogP contribution is 2.41. The average Bonchev–Trinajstić information content (AvgIpc) is 3.08. The number of hydrogen-bond acceptors (Lipinski definition) is 4. The van der Waals surface area contributed by atoms with Crippen molar-refractivity contribution in [2.75, 3.05) is 5.32 Å². The van der Waals surface area contributed by atoms with E-state index in [4.69, 9.17) is 0 Å². The fourth-order valence-corrected chi connectivity index (χ4v) is 6.43. The molecule has 7 heteroatoms. The number of rotatable bonds is 5. The zero-order chi connectivity index (χ0) is 22.1. The summed E-state index contributed by atoms with van der Waals surface area (Å²) < 4.78 is 28.9. The van der Waals surface area contributed by atoms with Crippen molar-refractivity contribution in [2.45, 2.75) is 36.6 Å². The Labute approximate surface area is 188 Å². The summed E-state index contributed by atoms with van der Waals surface area (Å²) in [4.78, 5) is 16.8. The lowest BCUT2D eigenvalue weighted by atomic mass is 9.93.